The van der Waals surface area contributed by atoms with Gasteiger partial charge < -0.3 is 0 Å². The molecule has 856 valence electrons. The number of nitrogens with zero attached hydrogens (tertiary/aromatic N) is 24. The van der Waals surface area contributed by atoms with E-state index in [-0.39, 0.29) is 0 Å². The summed E-state index contributed by atoms with van der Waals surface area (Å²) in [7, 11) is 0. The van der Waals surface area contributed by atoms with E-state index in [1.807, 2.05) is 46.5 Å². The lowest BCUT2D eigenvalue weighted by molar-refractivity contribution is 0.462. The fourth-order valence-electron chi connectivity index (χ4n) is 17.6. The average molecular weight is 2070 g/mol. The van der Waals surface area contributed by atoms with Crippen LogP contribution < -0.4 is 0 Å². The van der Waals surface area contributed by atoms with Gasteiger partial charge in [-0.25, -0.2) is 28.1 Å². The highest BCUT2D eigenvalue weighted by Crippen LogP contribution is 2.23. The van der Waals surface area contributed by atoms with Gasteiger partial charge in [-0.2, -0.15) is 0 Å². The van der Waals surface area contributed by atoms with Crippen molar-refractivity contribution >= 4 is 0 Å². The molecule has 8 aromatic rings. The first-order valence-electron chi connectivity index (χ1n) is 61.7. The van der Waals surface area contributed by atoms with Crippen LogP contribution in [0, 0.1) is 94.7 Å². The molecule has 0 saturated heterocycles. The van der Waals surface area contributed by atoms with Crippen LogP contribution in [0.3, 0.4) is 0 Å². The molecule has 0 saturated carbocycles. The summed E-state index contributed by atoms with van der Waals surface area (Å²) in [6.45, 7) is 81.0. The molecular weight excluding hydrogens is 1830 g/mol. The summed E-state index contributed by atoms with van der Waals surface area (Å²) in [6.07, 6.45) is 82.0. The van der Waals surface area contributed by atoms with Crippen LogP contribution in [0.4, 0.5) is 0 Å². The second-order valence-corrected chi connectivity index (χ2v) is 50.5. The van der Waals surface area contributed by atoms with Gasteiger partial charge in [-0.15, -0.1) is 40.8 Å². The van der Waals surface area contributed by atoms with Gasteiger partial charge in [0.05, 0.1) is 82.7 Å². The molecular formula is C124H240N24. The first-order valence-corrected chi connectivity index (χ1v) is 61.7. The van der Waals surface area contributed by atoms with Crippen LogP contribution >= 0.6 is 0 Å². The molecule has 0 radical (unpaired) electrons. The van der Waals surface area contributed by atoms with Gasteiger partial charge in [0.25, 0.3) is 0 Å². The summed E-state index contributed by atoms with van der Waals surface area (Å²) in [5.74, 6) is 12.7. The minimum Gasteiger partial charge on any atom is -0.252 e. The SMILES string of the molecule is CC(C)CCCCCCc1cnnn1CCC(C)C.CC(C)CCCCCCc1cnnn1CCC(C)C.CC(C)CCCCCc1cn(CC(C)C)nn1.CC(C)CCCCCc1cnnn1CCCC(C)C.CC(C)CCCCCc1cnnn1CCCC(C)C.CC(C)CCCCCn1nncc1CCCC(C)C.CC(C)CCCCCn1nncc1CCCC(C)C.CC(C)CCCCc1cn(CCC(C)C)nn1. The predicted molar refractivity (Wildman–Crippen MR) is 630 cm³/mol. The maximum absolute atomic E-state index is 4.22. The molecule has 8 heterocycles. The minimum absolute atomic E-state index is 0.635. The van der Waals surface area contributed by atoms with E-state index in [0.29, 0.717) is 5.92 Å². The van der Waals surface area contributed by atoms with Gasteiger partial charge >= 0.3 is 0 Å². The molecule has 8 rings (SSSR count). The molecule has 0 N–H and O–H groups in total. The van der Waals surface area contributed by atoms with Crippen molar-refractivity contribution in [1.29, 1.82) is 0 Å². The fourth-order valence-corrected chi connectivity index (χ4v) is 17.6. The van der Waals surface area contributed by atoms with Crippen LogP contribution in [0.25, 0.3) is 0 Å². The second kappa shape index (κ2) is 90.5. The number of hydrogen-bond acceptors (Lipinski definition) is 16. The van der Waals surface area contributed by atoms with Crippen molar-refractivity contribution < 1.29 is 0 Å². The highest BCUT2D eigenvalue weighted by molar-refractivity contribution is 4.99. The number of aromatic nitrogens is 24. The smallest absolute Gasteiger partial charge is 0.0827 e. The van der Waals surface area contributed by atoms with E-state index in [1.54, 1.807) is 0 Å². The van der Waals surface area contributed by atoms with E-state index in [0.717, 1.165) is 204 Å². The Hall–Kier alpha value is -6.88. The van der Waals surface area contributed by atoms with E-state index < -0.39 is 0 Å². The molecule has 0 amide bonds. The Morgan fingerprint density at radius 1 is 0.155 bits per heavy atom. The van der Waals surface area contributed by atoms with E-state index >= 15 is 0 Å². The molecule has 0 atom stereocenters. The summed E-state index contributed by atoms with van der Waals surface area (Å²) < 4.78 is 16.6. The summed E-state index contributed by atoms with van der Waals surface area (Å²) >= 11 is 0. The van der Waals surface area contributed by atoms with E-state index in [2.05, 4.69) is 345 Å². The van der Waals surface area contributed by atoms with Crippen LogP contribution in [-0.2, 0) is 104 Å². The van der Waals surface area contributed by atoms with Gasteiger partial charge in [0.2, 0.25) is 0 Å². The lowest BCUT2D eigenvalue weighted by Gasteiger charge is -2.08. The van der Waals surface area contributed by atoms with Crippen molar-refractivity contribution in [2.45, 2.75) is 608 Å². The maximum Gasteiger partial charge on any atom is 0.0827 e. The molecule has 0 aliphatic heterocycles. The van der Waals surface area contributed by atoms with Crippen LogP contribution in [0.5, 0.6) is 0 Å². The quantitative estimate of drug-likeness (QED) is 0.0322. The molecule has 24 nitrogen and oxygen atoms in total. The number of rotatable bonds is 76. The van der Waals surface area contributed by atoms with Gasteiger partial charge in [0.1, 0.15) is 0 Å². The van der Waals surface area contributed by atoms with Crippen molar-refractivity contribution in [3.05, 3.63) is 95.1 Å². The van der Waals surface area contributed by atoms with Crippen LogP contribution in [0.1, 0.15) is 550 Å². The Morgan fingerprint density at radius 3 is 0.601 bits per heavy atom. The normalized spacial score (nSPS) is 11.7. The van der Waals surface area contributed by atoms with Gasteiger partial charge in [-0.05, 0) is 255 Å². The Bertz CT molecular complexity index is 3810. The number of unbranched alkanes of at least 4 members (excludes halogenated alkanes) is 17. The summed E-state index contributed by atoms with van der Waals surface area (Å²) in [4.78, 5) is 0. The summed E-state index contributed by atoms with van der Waals surface area (Å²) in [5, 5.41) is 66.3. The van der Waals surface area contributed by atoms with Gasteiger partial charge in [0, 0.05) is 64.8 Å². The highest BCUT2D eigenvalue weighted by Gasteiger charge is 2.15. The predicted octanol–water partition coefficient (Wildman–Crippen LogP) is 34.2. The molecule has 0 spiro atoms. The van der Waals surface area contributed by atoms with Crippen LogP contribution in [0.2, 0.25) is 0 Å². The van der Waals surface area contributed by atoms with E-state index in [4.69, 9.17) is 0 Å². The maximum atomic E-state index is 4.22. The van der Waals surface area contributed by atoms with Crippen molar-refractivity contribution in [3.63, 3.8) is 0 Å². The Morgan fingerprint density at radius 2 is 0.338 bits per heavy atom. The molecule has 24 heteroatoms. The molecule has 0 fully saturated rings. The van der Waals surface area contributed by atoms with E-state index in [9.17, 15) is 0 Å². The molecule has 0 aliphatic carbocycles. The van der Waals surface area contributed by atoms with Crippen LogP contribution in [-0.4, -0.2) is 120 Å². The molecule has 0 unspecified atom stereocenters. The highest BCUT2D eigenvalue weighted by atomic mass is 15.5. The third-order valence-corrected chi connectivity index (χ3v) is 27.3. The summed E-state index contributed by atoms with van der Waals surface area (Å²) in [5.41, 5.74) is 10.2. The third-order valence-electron chi connectivity index (χ3n) is 27.3. The Labute approximate surface area is 912 Å². The number of hydrogen-bond donors (Lipinski definition) is 0. The van der Waals surface area contributed by atoms with Crippen LogP contribution in [0.15, 0.2) is 49.6 Å². The lowest BCUT2D eigenvalue weighted by atomic mass is 10.0. The zero-order valence-electron chi connectivity index (χ0n) is 103. The first kappa shape index (κ1) is 139. The van der Waals surface area contributed by atoms with Gasteiger partial charge in [-0.3, -0.25) is 9.36 Å². The lowest BCUT2D eigenvalue weighted by Crippen LogP contribution is -2.07. The largest absolute Gasteiger partial charge is 0.252 e. The average Bonchev–Trinajstić information content (AvgIpc) is 1.77. The standard InChI is InChI=1S/6C16H31N3.2C14H27N3/c2*1-14(2)9-6-5-7-12-19-16(13-17-18-19)11-8-10-15(3)4;2*1-14(2)9-6-5-7-11-16-13-17-18-19(16)12-8-10-15(3)4;2*1-14(2)9-7-5-6-8-10-16-13-17-18-19(16)12-11-15(3)4;1-12(2)7-5-6-8-14-11-17(16-15-14)10-9-13(3)4;1-12(2)8-6-5-7-9-14-11-17(16-15-14)10-13(3)4/h6*13-15H,5-12H2,1-4H3;2*11-13H,5-10H2,1-4H3. The van der Waals surface area contributed by atoms with Crippen molar-refractivity contribution in [1.82, 2.24) is 120 Å². The van der Waals surface area contributed by atoms with Crippen molar-refractivity contribution in [2.24, 2.45) is 94.7 Å². The number of aryl methyl sites for hydroxylation is 15. The molecule has 8 aromatic heterocycles. The first-order chi connectivity index (χ1) is 70.7. The molecule has 0 aromatic carbocycles. The molecule has 148 heavy (non-hydrogen) atoms. The molecule has 0 bridgehead atoms. The second-order valence-electron chi connectivity index (χ2n) is 50.5. The minimum atomic E-state index is 0.635. The third kappa shape index (κ3) is 82.7. The fraction of sp³-hybridized carbons (Fsp3) is 0.871. The Kier molecular flexibility index (Phi) is 85.1. The monoisotopic (exact) mass is 2070 g/mol. The zero-order valence-corrected chi connectivity index (χ0v) is 103. The topological polar surface area (TPSA) is 246 Å². The van der Waals surface area contributed by atoms with E-state index in [1.165, 1.54) is 317 Å². The Balaban J connectivity index is 0.000000846. The van der Waals surface area contributed by atoms with Gasteiger partial charge in [0.15, 0.2) is 0 Å². The van der Waals surface area contributed by atoms with Gasteiger partial charge in [-0.1, -0.05) is 437 Å². The molecule has 0 aliphatic rings. The summed E-state index contributed by atoms with van der Waals surface area (Å²) in [6, 6.07) is 0. The van der Waals surface area contributed by atoms with Crippen molar-refractivity contribution in [3.8, 4) is 0 Å². The van der Waals surface area contributed by atoms with Crippen molar-refractivity contribution in [2.75, 3.05) is 0 Å². The zero-order chi connectivity index (χ0) is 110.